The molecule has 20 heavy (non-hydrogen) atoms. The number of rotatable bonds is 4. The molecule has 1 aromatic heterocycles. The van der Waals surface area contributed by atoms with Crippen molar-refractivity contribution in [1.82, 2.24) is 15.1 Å². The number of aromatic nitrogens is 2. The summed E-state index contributed by atoms with van der Waals surface area (Å²) in [6.45, 7) is 9.57. The molecule has 0 aliphatic rings. The van der Waals surface area contributed by atoms with Crippen molar-refractivity contribution >= 4 is 27.5 Å². The lowest BCUT2D eigenvalue weighted by molar-refractivity contribution is -0.120. The van der Waals surface area contributed by atoms with Crippen LogP contribution in [-0.4, -0.2) is 27.8 Å². The summed E-state index contributed by atoms with van der Waals surface area (Å²) >= 11 is 3.24. The van der Waals surface area contributed by atoms with Crippen LogP contribution in [0.1, 0.15) is 40.7 Å². The topological polar surface area (TPSA) is 76.0 Å². The van der Waals surface area contributed by atoms with Crippen LogP contribution in [0.4, 0.5) is 5.69 Å². The Morgan fingerprint density at radius 3 is 2.55 bits per heavy atom. The summed E-state index contributed by atoms with van der Waals surface area (Å²) in [5, 5.41) is 9.81. The number of carbonyl (C=O) groups is 1. The molecular weight excluding hydrogens is 324 g/mol. The molecule has 0 aromatic carbocycles. The highest BCUT2D eigenvalue weighted by molar-refractivity contribution is 9.10. The van der Waals surface area contributed by atoms with Gasteiger partial charge in [0.1, 0.15) is 4.47 Å². The molecule has 0 aliphatic heterocycles. The van der Waals surface area contributed by atoms with Gasteiger partial charge in [0.2, 0.25) is 5.91 Å². The molecule has 0 unspecified atom stereocenters. The third-order valence-corrected chi connectivity index (χ3v) is 3.15. The van der Waals surface area contributed by atoms with Crippen molar-refractivity contribution < 1.29 is 4.79 Å². The zero-order chi connectivity index (χ0) is 15.5. The second kappa shape index (κ2) is 6.39. The summed E-state index contributed by atoms with van der Waals surface area (Å²) in [6, 6.07) is -0.0166. The van der Waals surface area contributed by atoms with E-state index in [1.165, 1.54) is 10.9 Å². The fraction of sp³-hybridized carbons (Fsp3) is 0.615. The monoisotopic (exact) mass is 344 g/mol. The van der Waals surface area contributed by atoms with E-state index in [9.17, 15) is 9.59 Å². The third-order valence-electron chi connectivity index (χ3n) is 2.39. The first kappa shape index (κ1) is 16.7. The highest BCUT2D eigenvalue weighted by Crippen LogP contribution is 2.16. The van der Waals surface area contributed by atoms with E-state index in [-0.39, 0.29) is 29.6 Å². The van der Waals surface area contributed by atoms with Crippen molar-refractivity contribution in [2.45, 2.75) is 46.2 Å². The lowest BCUT2D eigenvalue weighted by Crippen LogP contribution is -2.43. The molecule has 1 rings (SSSR count). The maximum atomic E-state index is 12.0. The van der Waals surface area contributed by atoms with Gasteiger partial charge in [0.05, 0.1) is 24.5 Å². The number of nitrogens with zero attached hydrogens (tertiary/aromatic N) is 2. The van der Waals surface area contributed by atoms with Crippen molar-refractivity contribution in [1.29, 1.82) is 0 Å². The van der Waals surface area contributed by atoms with Crippen molar-refractivity contribution in [2.75, 3.05) is 11.9 Å². The van der Waals surface area contributed by atoms with Gasteiger partial charge in [0.15, 0.2) is 0 Å². The van der Waals surface area contributed by atoms with Gasteiger partial charge in [-0.25, -0.2) is 4.68 Å². The number of halogens is 1. The average Bonchev–Trinajstić information content (AvgIpc) is 2.28. The smallest absolute Gasteiger partial charge is 0.283 e. The molecule has 1 aromatic rings. The molecule has 1 amide bonds. The molecule has 0 saturated carbocycles. The predicted molar refractivity (Wildman–Crippen MR) is 83.0 cm³/mol. The molecule has 0 radical (unpaired) electrons. The Bertz CT molecular complexity index is 546. The fourth-order valence-corrected chi connectivity index (χ4v) is 2.00. The van der Waals surface area contributed by atoms with Crippen LogP contribution in [0.3, 0.4) is 0 Å². The minimum Gasteiger partial charge on any atom is -0.374 e. The van der Waals surface area contributed by atoms with Gasteiger partial charge in [-0.05, 0) is 50.5 Å². The summed E-state index contributed by atoms with van der Waals surface area (Å²) in [6.07, 6.45) is 1.54. The van der Waals surface area contributed by atoms with E-state index in [4.69, 9.17) is 0 Å². The van der Waals surface area contributed by atoms with Crippen LogP contribution in [0.5, 0.6) is 0 Å². The van der Waals surface area contributed by atoms with Gasteiger partial charge in [-0.2, -0.15) is 5.10 Å². The van der Waals surface area contributed by atoms with Gasteiger partial charge in [-0.15, -0.1) is 0 Å². The summed E-state index contributed by atoms with van der Waals surface area (Å²) in [5.74, 6) is -0.141. The molecule has 0 fully saturated rings. The number of hydrogen-bond donors (Lipinski definition) is 2. The first-order valence-electron chi connectivity index (χ1n) is 6.44. The summed E-state index contributed by atoms with van der Waals surface area (Å²) in [7, 11) is 0. The Hall–Kier alpha value is -1.37. The quantitative estimate of drug-likeness (QED) is 0.874. The highest BCUT2D eigenvalue weighted by atomic mass is 79.9. The fourth-order valence-electron chi connectivity index (χ4n) is 1.57. The van der Waals surface area contributed by atoms with E-state index in [1.54, 1.807) is 0 Å². The van der Waals surface area contributed by atoms with Crippen LogP contribution in [0.15, 0.2) is 15.5 Å². The molecule has 112 valence electrons. The van der Waals surface area contributed by atoms with Crippen LogP contribution in [-0.2, 0) is 4.79 Å². The van der Waals surface area contributed by atoms with E-state index < -0.39 is 0 Å². The van der Waals surface area contributed by atoms with E-state index in [2.05, 4.69) is 31.7 Å². The summed E-state index contributed by atoms with van der Waals surface area (Å²) in [4.78, 5) is 23.7. The molecule has 0 saturated heterocycles. The second-order valence-corrected chi connectivity index (χ2v) is 6.66. The van der Waals surface area contributed by atoms with Gasteiger partial charge in [0, 0.05) is 5.54 Å². The molecule has 0 bridgehead atoms. The Labute approximate surface area is 127 Å². The molecule has 0 spiro atoms. The highest BCUT2D eigenvalue weighted by Gasteiger charge is 2.15. The minimum atomic E-state index is -0.282. The van der Waals surface area contributed by atoms with Gasteiger partial charge in [-0.3, -0.25) is 9.59 Å². The van der Waals surface area contributed by atoms with Crippen molar-refractivity contribution in [2.24, 2.45) is 0 Å². The predicted octanol–water partition coefficient (Wildman–Crippen LogP) is 1.91. The first-order chi connectivity index (χ1) is 9.11. The Morgan fingerprint density at radius 2 is 2.05 bits per heavy atom. The number of hydrogen-bond acceptors (Lipinski definition) is 4. The number of anilines is 1. The van der Waals surface area contributed by atoms with Crippen molar-refractivity contribution in [3.05, 3.63) is 21.0 Å². The molecule has 7 heteroatoms. The lowest BCUT2D eigenvalue weighted by Gasteiger charge is -2.21. The largest absolute Gasteiger partial charge is 0.374 e. The molecule has 0 aliphatic carbocycles. The summed E-state index contributed by atoms with van der Waals surface area (Å²) < 4.78 is 1.76. The maximum Gasteiger partial charge on any atom is 0.283 e. The molecule has 1 heterocycles. The Kier molecular flexibility index (Phi) is 5.33. The number of nitrogens with one attached hydrogen (secondary N) is 2. The van der Waals surface area contributed by atoms with E-state index in [1.807, 2.05) is 34.6 Å². The van der Waals surface area contributed by atoms with Gasteiger partial charge >= 0.3 is 0 Å². The minimum absolute atomic E-state index is 0.0166. The lowest BCUT2D eigenvalue weighted by atomic mass is 10.1. The van der Waals surface area contributed by atoms with E-state index in [0.29, 0.717) is 10.2 Å². The number of amides is 1. The van der Waals surface area contributed by atoms with Crippen LogP contribution >= 0.6 is 15.9 Å². The normalized spacial score (nSPS) is 11.6. The standard InChI is InChI=1S/C13H21BrN4O2/c1-8(2)18-12(20)11(14)9(6-16-18)15-7-10(19)17-13(3,4)5/h6,8,15H,7H2,1-5H3,(H,17,19). The van der Waals surface area contributed by atoms with Gasteiger partial charge < -0.3 is 10.6 Å². The van der Waals surface area contributed by atoms with Crippen LogP contribution in [0.25, 0.3) is 0 Å². The Morgan fingerprint density at radius 1 is 1.45 bits per heavy atom. The van der Waals surface area contributed by atoms with Gasteiger partial charge in [-0.1, -0.05) is 0 Å². The van der Waals surface area contributed by atoms with Gasteiger partial charge in [0.25, 0.3) is 5.56 Å². The molecule has 0 atom stereocenters. The molecular formula is C13H21BrN4O2. The average molecular weight is 345 g/mol. The SMILES string of the molecule is CC(C)n1ncc(NCC(=O)NC(C)(C)C)c(Br)c1=O. The van der Waals surface area contributed by atoms with Crippen molar-refractivity contribution in [3.63, 3.8) is 0 Å². The number of carbonyl (C=O) groups excluding carboxylic acids is 1. The maximum absolute atomic E-state index is 12.0. The van der Waals surface area contributed by atoms with Crippen LogP contribution < -0.4 is 16.2 Å². The first-order valence-corrected chi connectivity index (χ1v) is 7.23. The van der Waals surface area contributed by atoms with Crippen LogP contribution in [0.2, 0.25) is 0 Å². The zero-order valence-electron chi connectivity index (χ0n) is 12.5. The van der Waals surface area contributed by atoms with Crippen molar-refractivity contribution in [3.8, 4) is 0 Å². The summed E-state index contributed by atoms with van der Waals surface area (Å²) in [5.41, 5.74) is 0.00662. The third kappa shape index (κ3) is 4.63. The van der Waals surface area contributed by atoms with Crippen LogP contribution in [0, 0.1) is 0 Å². The molecule has 6 nitrogen and oxygen atoms in total. The van der Waals surface area contributed by atoms with E-state index >= 15 is 0 Å². The van der Waals surface area contributed by atoms with E-state index in [0.717, 1.165) is 0 Å². The Balaban J connectivity index is 2.78. The molecule has 2 N–H and O–H groups in total. The zero-order valence-corrected chi connectivity index (χ0v) is 14.0. The second-order valence-electron chi connectivity index (χ2n) is 5.87.